The lowest BCUT2D eigenvalue weighted by Crippen LogP contribution is -2.38. The maximum absolute atomic E-state index is 13.2. The van der Waals surface area contributed by atoms with Crippen molar-refractivity contribution in [3.63, 3.8) is 0 Å². The third kappa shape index (κ3) is 5.09. The van der Waals surface area contributed by atoms with Crippen molar-refractivity contribution in [2.24, 2.45) is 5.92 Å². The highest BCUT2D eigenvalue weighted by atomic mass is 35.5. The highest BCUT2D eigenvalue weighted by Crippen LogP contribution is 2.29. The van der Waals surface area contributed by atoms with E-state index in [-0.39, 0.29) is 17.6 Å². The van der Waals surface area contributed by atoms with Crippen LogP contribution in [0, 0.1) is 5.92 Å². The van der Waals surface area contributed by atoms with Gasteiger partial charge in [-0.2, -0.15) is 0 Å². The Hall–Kier alpha value is -2.96. The Kier molecular flexibility index (Phi) is 6.72. The normalized spacial score (nSPS) is 16.7. The number of ether oxygens (including phenoxy) is 1. The van der Waals surface area contributed by atoms with Crippen molar-refractivity contribution in [3.05, 3.63) is 64.8 Å². The number of nitrogens with one attached hydrogen (secondary N) is 1. The molecule has 166 valence electrons. The second-order valence-electron chi connectivity index (χ2n) is 8.17. The second kappa shape index (κ2) is 9.67. The summed E-state index contributed by atoms with van der Waals surface area (Å²) in [6.45, 7) is 3.78. The first-order valence-electron chi connectivity index (χ1n) is 10.7. The molecule has 6 nitrogen and oxygen atoms in total. The van der Waals surface area contributed by atoms with E-state index in [0.29, 0.717) is 29.4 Å². The maximum Gasteiger partial charge on any atom is 0.221 e. The Bertz CT molecular complexity index is 1160. The molecule has 32 heavy (non-hydrogen) atoms. The number of hydrogen-bond donors (Lipinski definition) is 1. The number of hydrogen-bond acceptors (Lipinski definition) is 5. The van der Waals surface area contributed by atoms with Crippen LogP contribution in [0.5, 0.6) is 5.75 Å². The van der Waals surface area contributed by atoms with Crippen molar-refractivity contribution in [1.29, 1.82) is 0 Å². The number of ketones is 1. The molecule has 0 radical (unpaired) electrons. The van der Waals surface area contributed by atoms with Crippen LogP contribution in [0.3, 0.4) is 0 Å². The van der Waals surface area contributed by atoms with Crippen molar-refractivity contribution in [2.45, 2.75) is 26.3 Å². The number of benzene rings is 2. The number of carbonyl (C=O) groups excluding carboxylic acids is 2. The van der Waals surface area contributed by atoms with E-state index in [9.17, 15) is 9.59 Å². The minimum absolute atomic E-state index is 0.0750. The number of piperidine rings is 1. The average molecular weight is 452 g/mol. The number of likely N-dealkylation sites (tertiary alicyclic amines) is 1. The molecular formula is C25H26ClN3O3. The van der Waals surface area contributed by atoms with Gasteiger partial charge in [-0.15, -0.1) is 0 Å². The van der Waals surface area contributed by atoms with Crippen molar-refractivity contribution >= 4 is 39.9 Å². The fourth-order valence-electron chi connectivity index (χ4n) is 4.27. The highest BCUT2D eigenvalue weighted by Gasteiger charge is 2.28. The molecule has 1 atom stereocenters. The van der Waals surface area contributed by atoms with Crippen molar-refractivity contribution in [3.8, 4) is 5.75 Å². The van der Waals surface area contributed by atoms with Crippen molar-refractivity contribution < 1.29 is 14.3 Å². The molecule has 0 spiro atoms. The van der Waals surface area contributed by atoms with Crippen LogP contribution in [0.15, 0.2) is 48.5 Å². The van der Waals surface area contributed by atoms with Crippen LogP contribution in [0.2, 0.25) is 5.02 Å². The Morgan fingerprint density at radius 3 is 2.81 bits per heavy atom. The van der Waals surface area contributed by atoms with Crippen molar-refractivity contribution in [2.75, 3.05) is 25.5 Å². The molecular weight excluding hydrogens is 426 g/mol. The predicted octanol–water partition coefficient (Wildman–Crippen LogP) is 4.95. The summed E-state index contributed by atoms with van der Waals surface area (Å²) in [5.41, 5.74) is 3.14. The van der Waals surface area contributed by atoms with E-state index in [2.05, 4.69) is 10.2 Å². The maximum atomic E-state index is 13.2. The van der Waals surface area contributed by atoms with Gasteiger partial charge in [0.25, 0.3) is 0 Å². The average Bonchev–Trinajstić information content (AvgIpc) is 2.78. The lowest BCUT2D eigenvalue weighted by molar-refractivity contribution is -0.114. The van der Waals surface area contributed by atoms with E-state index >= 15 is 0 Å². The van der Waals surface area contributed by atoms with Crippen LogP contribution in [-0.4, -0.2) is 41.8 Å². The van der Waals surface area contributed by atoms with Crippen LogP contribution >= 0.6 is 11.6 Å². The van der Waals surface area contributed by atoms with Gasteiger partial charge in [-0.25, -0.2) is 0 Å². The summed E-state index contributed by atoms with van der Waals surface area (Å²) in [5, 5.41) is 4.30. The van der Waals surface area contributed by atoms with Crippen LogP contribution in [-0.2, 0) is 11.3 Å². The topological polar surface area (TPSA) is 71.5 Å². The lowest BCUT2D eigenvalue weighted by atomic mass is 9.89. The van der Waals surface area contributed by atoms with E-state index in [1.165, 1.54) is 6.92 Å². The van der Waals surface area contributed by atoms with Crippen LogP contribution in [0.1, 0.15) is 35.8 Å². The predicted molar refractivity (Wildman–Crippen MR) is 126 cm³/mol. The van der Waals surface area contributed by atoms with Gasteiger partial charge in [0.2, 0.25) is 5.91 Å². The second-order valence-corrected chi connectivity index (χ2v) is 8.61. The fraction of sp³-hybridized carbons (Fsp3) is 0.320. The number of nitrogens with zero attached hydrogens (tertiary/aromatic N) is 2. The summed E-state index contributed by atoms with van der Waals surface area (Å²) in [6, 6.07) is 14.9. The number of aromatic nitrogens is 1. The van der Waals surface area contributed by atoms with E-state index < -0.39 is 0 Å². The molecule has 3 aromatic rings. The number of Topliss-reactive ketones (excluding diaryl/α,β-unsaturated/α-hetero) is 1. The molecule has 4 rings (SSSR count). The Morgan fingerprint density at radius 2 is 2.03 bits per heavy atom. The summed E-state index contributed by atoms with van der Waals surface area (Å²) in [7, 11) is 1.57. The molecule has 1 amide bonds. The number of anilines is 1. The minimum atomic E-state index is -0.100. The van der Waals surface area contributed by atoms with Crippen LogP contribution in [0.25, 0.3) is 10.9 Å². The molecule has 1 N–H and O–H groups in total. The van der Waals surface area contributed by atoms with Crippen molar-refractivity contribution in [1.82, 2.24) is 9.88 Å². The molecule has 2 aromatic carbocycles. The quantitative estimate of drug-likeness (QED) is 0.537. The first-order valence-corrected chi connectivity index (χ1v) is 11.1. The molecule has 7 heteroatoms. The number of amides is 1. The first-order chi connectivity index (χ1) is 15.4. The summed E-state index contributed by atoms with van der Waals surface area (Å²) in [6.07, 6.45) is 1.80. The molecule has 0 saturated carbocycles. The standard InChI is InChI=1S/C25H26ClN3O3/c1-16(30)27-20-8-9-23-17(12-20)5-7-21(28-23)15-29-11-3-4-18(14-29)25(31)22-13-19(26)6-10-24(22)32-2/h5-10,12-13,18H,3-4,11,14-15H2,1-2H3,(H,27,30)/t18-/m1/s1. The number of methoxy groups -OCH3 is 1. The van der Waals surface area contributed by atoms with E-state index in [1.807, 2.05) is 30.3 Å². The summed E-state index contributed by atoms with van der Waals surface area (Å²) in [5.74, 6) is 0.438. The van der Waals surface area contributed by atoms with Gasteiger partial charge >= 0.3 is 0 Å². The third-order valence-corrected chi connectivity index (χ3v) is 5.99. The van der Waals surface area contributed by atoms with Crippen LogP contribution < -0.4 is 10.1 Å². The minimum Gasteiger partial charge on any atom is -0.496 e. The monoisotopic (exact) mass is 451 g/mol. The van der Waals surface area contributed by atoms with Gasteiger partial charge in [-0.05, 0) is 61.9 Å². The van der Waals surface area contributed by atoms with Gasteiger partial charge in [-0.3, -0.25) is 19.5 Å². The van der Waals surface area contributed by atoms with Crippen LogP contribution in [0.4, 0.5) is 5.69 Å². The summed E-state index contributed by atoms with van der Waals surface area (Å²) < 4.78 is 5.38. The summed E-state index contributed by atoms with van der Waals surface area (Å²) in [4.78, 5) is 31.5. The third-order valence-electron chi connectivity index (χ3n) is 5.76. The highest BCUT2D eigenvalue weighted by molar-refractivity contribution is 6.31. The number of pyridine rings is 1. The molecule has 0 unspecified atom stereocenters. The van der Waals surface area contributed by atoms with Gasteiger partial charge in [0.1, 0.15) is 5.75 Å². The summed E-state index contributed by atoms with van der Waals surface area (Å²) >= 11 is 6.13. The van der Waals surface area contributed by atoms with Gasteiger partial charge in [-0.1, -0.05) is 17.7 Å². The van der Waals surface area contributed by atoms with E-state index in [1.54, 1.807) is 25.3 Å². The smallest absolute Gasteiger partial charge is 0.221 e. The number of carbonyl (C=O) groups is 2. The fourth-order valence-corrected chi connectivity index (χ4v) is 4.44. The zero-order valence-corrected chi connectivity index (χ0v) is 19.0. The molecule has 1 aromatic heterocycles. The molecule has 0 aliphatic carbocycles. The first kappa shape index (κ1) is 22.2. The molecule has 2 heterocycles. The van der Waals surface area contributed by atoms with Gasteiger partial charge in [0.05, 0.1) is 23.9 Å². The zero-order valence-electron chi connectivity index (χ0n) is 18.2. The largest absolute Gasteiger partial charge is 0.496 e. The molecule has 1 saturated heterocycles. The Morgan fingerprint density at radius 1 is 1.19 bits per heavy atom. The number of halogens is 1. The number of fused-ring (bicyclic) bond motifs is 1. The van der Waals surface area contributed by atoms with Gasteiger partial charge in [0.15, 0.2) is 5.78 Å². The molecule has 0 bridgehead atoms. The SMILES string of the molecule is COc1ccc(Cl)cc1C(=O)[C@@H]1CCCN(Cc2ccc3cc(NC(C)=O)ccc3n2)C1. The Labute approximate surface area is 192 Å². The lowest BCUT2D eigenvalue weighted by Gasteiger charge is -2.32. The van der Waals surface area contributed by atoms with Gasteiger partial charge in [0, 0.05) is 42.0 Å². The Balaban J connectivity index is 1.47. The molecule has 1 aliphatic rings. The van der Waals surface area contributed by atoms with E-state index in [4.69, 9.17) is 21.3 Å². The van der Waals surface area contributed by atoms with Gasteiger partial charge < -0.3 is 10.1 Å². The zero-order chi connectivity index (χ0) is 22.7. The molecule has 1 fully saturated rings. The number of rotatable bonds is 6. The van der Waals surface area contributed by atoms with E-state index in [0.717, 1.165) is 41.7 Å². The molecule has 1 aliphatic heterocycles.